The Balaban J connectivity index is 1.92. The van der Waals surface area contributed by atoms with Crippen molar-refractivity contribution >= 4 is 11.6 Å². The van der Waals surface area contributed by atoms with E-state index in [1.807, 2.05) is 31.2 Å². The molecule has 0 aromatic heterocycles. The summed E-state index contributed by atoms with van der Waals surface area (Å²) in [5.41, 5.74) is 0.734. The van der Waals surface area contributed by atoms with E-state index in [0.717, 1.165) is 18.8 Å². The highest BCUT2D eigenvalue weighted by atomic mass is 16.5. The number of carbonyl (C=O) groups excluding carboxylic acids is 1. The number of hydrogen-bond acceptors (Lipinski definition) is 3. The Bertz CT molecular complexity index is 468. The average Bonchev–Trinajstić information content (AvgIpc) is 2.40. The van der Waals surface area contributed by atoms with Gasteiger partial charge in [-0.15, -0.1) is 0 Å². The van der Waals surface area contributed by atoms with Gasteiger partial charge in [0.25, 0.3) is 5.91 Å². The summed E-state index contributed by atoms with van der Waals surface area (Å²) in [5, 5.41) is 2.95. The van der Waals surface area contributed by atoms with Crippen molar-refractivity contribution in [1.82, 2.24) is 0 Å². The van der Waals surface area contributed by atoms with Crippen molar-refractivity contribution in [3.63, 3.8) is 0 Å². The fourth-order valence-electron chi connectivity index (χ4n) is 2.81. The molecule has 1 saturated heterocycles. The minimum Gasteiger partial charge on any atom is -0.492 e. The van der Waals surface area contributed by atoms with Crippen LogP contribution in [-0.2, 0) is 9.53 Å². The maximum Gasteiger partial charge on any atom is 0.279 e. The zero-order valence-electron chi connectivity index (χ0n) is 13.0. The molecule has 0 spiro atoms. The summed E-state index contributed by atoms with van der Waals surface area (Å²) in [7, 11) is 0. The number of nitrogens with one attached hydrogen (secondary N) is 2. The zero-order valence-corrected chi connectivity index (χ0v) is 13.0. The Kier molecular flexibility index (Phi) is 5.59. The third-order valence-corrected chi connectivity index (χ3v) is 3.49. The molecule has 1 heterocycles. The summed E-state index contributed by atoms with van der Waals surface area (Å²) in [6.07, 6.45) is 0.402. The van der Waals surface area contributed by atoms with Gasteiger partial charge in [0.2, 0.25) is 0 Å². The van der Waals surface area contributed by atoms with Crippen molar-refractivity contribution in [2.45, 2.75) is 33.0 Å². The molecular weight excluding hydrogens is 268 g/mol. The Hall–Kier alpha value is -1.59. The second-order valence-corrected chi connectivity index (χ2v) is 5.57. The summed E-state index contributed by atoms with van der Waals surface area (Å²) in [6, 6.07) is 7.52. The van der Waals surface area contributed by atoms with Gasteiger partial charge in [0.15, 0.2) is 6.54 Å². The Morgan fingerprint density at radius 3 is 2.67 bits per heavy atom. The minimum atomic E-state index is 0.0125. The molecule has 0 bridgehead atoms. The third-order valence-electron chi connectivity index (χ3n) is 3.49. The van der Waals surface area contributed by atoms with Crippen molar-refractivity contribution < 1.29 is 19.2 Å². The molecule has 2 N–H and O–H groups in total. The molecule has 1 amide bonds. The van der Waals surface area contributed by atoms with Gasteiger partial charge in [0.1, 0.15) is 31.0 Å². The first-order valence-electron chi connectivity index (χ1n) is 7.59. The van der Waals surface area contributed by atoms with Crippen molar-refractivity contribution in [3.05, 3.63) is 24.3 Å². The molecule has 0 aliphatic carbocycles. The Morgan fingerprint density at radius 1 is 1.33 bits per heavy atom. The molecule has 0 radical (unpaired) electrons. The van der Waals surface area contributed by atoms with Crippen LogP contribution in [0.2, 0.25) is 0 Å². The van der Waals surface area contributed by atoms with Crippen LogP contribution in [0, 0.1) is 0 Å². The van der Waals surface area contributed by atoms with Crippen molar-refractivity contribution in [2.75, 3.05) is 31.6 Å². The number of amides is 1. The van der Waals surface area contributed by atoms with Gasteiger partial charge in [-0.25, -0.2) is 0 Å². The zero-order chi connectivity index (χ0) is 15.2. The normalized spacial score (nSPS) is 25.4. The molecule has 2 atom stereocenters. The van der Waals surface area contributed by atoms with Gasteiger partial charge in [-0.1, -0.05) is 12.1 Å². The SMILES string of the molecule is CCOc1ccccc1NC(=O)C[NH+]1C[C@@H](C)O[C@H](C)C1. The molecule has 1 aliphatic rings. The number of para-hydroxylation sites is 2. The maximum absolute atomic E-state index is 12.2. The van der Waals surface area contributed by atoms with E-state index in [1.54, 1.807) is 0 Å². The summed E-state index contributed by atoms with van der Waals surface area (Å²) >= 11 is 0. The highest BCUT2D eigenvalue weighted by molar-refractivity contribution is 5.92. The van der Waals surface area contributed by atoms with Crippen molar-refractivity contribution in [2.24, 2.45) is 0 Å². The van der Waals surface area contributed by atoms with E-state index < -0.39 is 0 Å². The van der Waals surface area contributed by atoms with Crippen LogP contribution < -0.4 is 15.0 Å². The standard InChI is InChI=1S/C16H24N2O3/c1-4-20-15-8-6-5-7-14(15)17-16(19)11-18-9-12(2)21-13(3)10-18/h5-8,12-13H,4,9-11H2,1-3H3,(H,17,19)/p+1/t12-,13-/m1/s1. The topological polar surface area (TPSA) is 52.0 Å². The lowest BCUT2D eigenvalue weighted by molar-refractivity contribution is -0.907. The first-order chi connectivity index (χ1) is 10.1. The molecule has 2 rings (SSSR count). The van der Waals surface area contributed by atoms with Crippen LogP contribution in [0.1, 0.15) is 20.8 Å². The molecular formula is C16H25N2O3+. The summed E-state index contributed by atoms with van der Waals surface area (Å²) in [5.74, 6) is 0.727. The fraction of sp³-hybridized carbons (Fsp3) is 0.562. The van der Waals surface area contributed by atoms with Crippen LogP contribution in [0.5, 0.6) is 5.75 Å². The number of anilines is 1. The van der Waals surface area contributed by atoms with E-state index in [-0.39, 0.29) is 18.1 Å². The molecule has 1 aromatic rings. The van der Waals surface area contributed by atoms with Crippen LogP contribution in [0.4, 0.5) is 5.69 Å². The molecule has 1 fully saturated rings. The molecule has 1 aliphatic heterocycles. The monoisotopic (exact) mass is 293 g/mol. The summed E-state index contributed by atoms with van der Waals surface area (Å²) < 4.78 is 11.2. The van der Waals surface area contributed by atoms with Gasteiger partial charge in [-0.3, -0.25) is 4.79 Å². The number of benzene rings is 1. The summed E-state index contributed by atoms with van der Waals surface area (Å²) in [6.45, 7) is 8.81. The predicted molar refractivity (Wildman–Crippen MR) is 81.8 cm³/mol. The lowest BCUT2D eigenvalue weighted by Crippen LogP contribution is -3.16. The average molecular weight is 293 g/mol. The highest BCUT2D eigenvalue weighted by Crippen LogP contribution is 2.23. The van der Waals surface area contributed by atoms with Gasteiger partial charge in [0, 0.05) is 0 Å². The van der Waals surface area contributed by atoms with Gasteiger partial charge in [0.05, 0.1) is 12.3 Å². The molecule has 0 saturated carbocycles. The van der Waals surface area contributed by atoms with Gasteiger partial charge in [-0.05, 0) is 32.9 Å². The number of quaternary nitrogens is 1. The Morgan fingerprint density at radius 2 is 2.00 bits per heavy atom. The Labute approximate surface area is 126 Å². The molecule has 21 heavy (non-hydrogen) atoms. The molecule has 0 unspecified atom stereocenters. The van der Waals surface area contributed by atoms with E-state index in [4.69, 9.17) is 9.47 Å². The third kappa shape index (κ3) is 4.72. The second-order valence-electron chi connectivity index (χ2n) is 5.57. The van der Waals surface area contributed by atoms with E-state index in [0.29, 0.717) is 18.9 Å². The first-order valence-corrected chi connectivity index (χ1v) is 7.59. The van der Waals surface area contributed by atoms with Gasteiger partial charge >= 0.3 is 0 Å². The predicted octanol–water partition coefficient (Wildman–Crippen LogP) is 0.716. The van der Waals surface area contributed by atoms with Gasteiger partial charge < -0.3 is 19.7 Å². The smallest absolute Gasteiger partial charge is 0.279 e. The molecule has 5 nitrogen and oxygen atoms in total. The van der Waals surface area contributed by atoms with Crippen molar-refractivity contribution in [1.29, 1.82) is 0 Å². The second kappa shape index (κ2) is 7.43. The lowest BCUT2D eigenvalue weighted by Gasteiger charge is -2.31. The van der Waals surface area contributed by atoms with Crippen molar-refractivity contribution in [3.8, 4) is 5.75 Å². The van der Waals surface area contributed by atoms with E-state index in [9.17, 15) is 4.79 Å². The number of hydrogen-bond donors (Lipinski definition) is 2. The van der Waals surface area contributed by atoms with Crippen LogP contribution in [0.3, 0.4) is 0 Å². The fourth-order valence-corrected chi connectivity index (χ4v) is 2.81. The number of carbonyl (C=O) groups is 1. The van der Waals surface area contributed by atoms with Crippen LogP contribution >= 0.6 is 0 Å². The van der Waals surface area contributed by atoms with Crippen LogP contribution in [-0.4, -0.2) is 44.4 Å². The number of morpholine rings is 1. The molecule has 5 heteroatoms. The lowest BCUT2D eigenvalue weighted by atomic mass is 10.2. The van der Waals surface area contributed by atoms with Crippen LogP contribution in [0.15, 0.2) is 24.3 Å². The van der Waals surface area contributed by atoms with E-state index >= 15 is 0 Å². The molecule has 116 valence electrons. The van der Waals surface area contributed by atoms with E-state index in [1.165, 1.54) is 4.90 Å². The highest BCUT2D eigenvalue weighted by Gasteiger charge is 2.27. The quantitative estimate of drug-likeness (QED) is 0.841. The maximum atomic E-state index is 12.2. The van der Waals surface area contributed by atoms with E-state index in [2.05, 4.69) is 19.2 Å². The first kappa shape index (κ1) is 15.8. The molecule has 1 aromatic carbocycles. The number of ether oxygens (including phenoxy) is 2. The number of rotatable bonds is 5. The summed E-state index contributed by atoms with van der Waals surface area (Å²) in [4.78, 5) is 13.5. The largest absolute Gasteiger partial charge is 0.492 e. The van der Waals surface area contributed by atoms with Crippen LogP contribution in [0.25, 0.3) is 0 Å². The minimum absolute atomic E-state index is 0.0125. The van der Waals surface area contributed by atoms with Gasteiger partial charge in [-0.2, -0.15) is 0 Å².